The number of nitrogens with one attached hydrogen (secondary N) is 2. The Hall–Kier alpha value is -1.92. The second-order valence-corrected chi connectivity index (χ2v) is 6.49. The molecule has 124 valence electrons. The van der Waals surface area contributed by atoms with E-state index in [-0.39, 0.29) is 17.9 Å². The van der Waals surface area contributed by atoms with Crippen molar-refractivity contribution >= 4 is 17.4 Å². The van der Waals surface area contributed by atoms with Gasteiger partial charge in [-0.2, -0.15) is 0 Å². The van der Waals surface area contributed by atoms with Gasteiger partial charge in [-0.15, -0.1) is 11.3 Å². The second-order valence-electron chi connectivity index (χ2n) is 5.51. The van der Waals surface area contributed by atoms with Crippen molar-refractivity contribution in [2.45, 2.75) is 12.5 Å². The van der Waals surface area contributed by atoms with Crippen LogP contribution in [-0.4, -0.2) is 38.1 Å². The van der Waals surface area contributed by atoms with Crippen molar-refractivity contribution in [3.8, 4) is 0 Å². The van der Waals surface area contributed by atoms with Crippen LogP contribution < -0.4 is 10.6 Å². The average molecular weight is 335 g/mol. The van der Waals surface area contributed by atoms with Crippen molar-refractivity contribution in [1.82, 2.24) is 15.5 Å². The van der Waals surface area contributed by atoms with Crippen LogP contribution in [0.4, 0.5) is 9.18 Å². The Bertz CT molecular complexity index is 616. The van der Waals surface area contributed by atoms with Crippen LogP contribution in [0.25, 0.3) is 0 Å². The highest BCUT2D eigenvalue weighted by atomic mass is 32.1. The smallest absolute Gasteiger partial charge is 0.314 e. The highest BCUT2D eigenvalue weighted by Gasteiger charge is 2.15. The average Bonchev–Trinajstić information content (AvgIpc) is 3.01. The minimum Gasteiger partial charge on any atom is -0.338 e. The number of urea groups is 1. The van der Waals surface area contributed by atoms with Crippen LogP contribution in [0.3, 0.4) is 0 Å². The number of carbonyl (C=O) groups excluding carboxylic acids is 1. The lowest BCUT2D eigenvalue weighted by atomic mass is 10.1. The molecule has 0 aliphatic rings. The SMILES string of the molecule is CN(C)C(CNC(=O)NCCc1cccc(F)c1)c1cccs1. The molecule has 0 radical (unpaired) electrons. The van der Waals surface area contributed by atoms with Gasteiger partial charge in [0.1, 0.15) is 5.82 Å². The summed E-state index contributed by atoms with van der Waals surface area (Å²) in [5.74, 6) is -0.253. The Morgan fingerprint density at radius 3 is 2.74 bits per heavy atom. The summed E-state index contributed by atoms with van der Waals surface area (Å²) in [6.07, 6.45) is 0.604. The molecule has 0 aliphatic heterocycles. The molecule has 6 heteroatoms. The largest absolute Gasteiger partial charge is 0.338 e. The molecule has 1 heterocycles. The summed E-state index contributed by atoms with van der Waals surface area (Å²) < 4.78 is 13.1. The number of likely N-dealkylation sites (N-methyl/N-ethyl adjacent to an activating group) is 1. The van der Waals surface area contributed by atoms with Crippen LogP contribution in [0, 0.1) is 5.82 Å². The highest BCUT2D eigenvalue weighted by Crippen LogP contribution is 2.22. The zero-order valence-corrected chi connectivity index (χ0v) is 14.2. The summed E-state index contributed by atoms with van der Waals surface area (Å²) in [7, 11) is 3.99. The maximum absolute atomic E-state index is 13.1. The van der Waals surface area contributed by atoms with Crippen molar-refractivity contribution in [3.05, 3.63) is 58.0 Å². The summed E-state index contributed by atoms with van der Waals surface area (Å²) in [5.41, 5.74) is 0.870. The van der Waals surface area contributed by atoms with Gasteiger partial charge in [0.2, 0.25) is 0 Å². The number of hydrogen-bond acceptors (Lipinski definition) is 3. The zero-order chi connectivity index (χ0) is 16.7. The minimum absolute atomic E-state index is 0.156. The van der Waals surface area contributed by atoms with Gasteiger partial charge in [0.15, 0.2) is 0 Å². The molecule has 0 saturated heterocycles. The summed E-state index contributed by atoms with van der Waals surface area (Å²) in [6.45, 7) is 1.01. The number of hydrogen-bond donors (Lipinski definition) is 2. The number of carbonyl (C=O) groups is 1. The first-order chi connectivity index (χ1) is 11.1. The van der Waals surface area contributed by atoms with Gasteiger partial charge < -0.3 is 15.5 Å². The predicted molar refractivity (Wildman–Crippen MR) is 92.3 cm³/mol. The summed E-state index contributed by atoms with van der Waals surface area (Å²) in [4.78, 5) is 15.2. The Kier molecular flexibility index (Phi) is 6.55. The maximum Gasteiger partial charge on any atom is 0.314 e. The lowest BCUT2D eigenvalue weighted by molar-refractivity contribution is 0.233. The molecule has 0 fully saturated rings. The third-order valence-corrected chi connectivity index (χ3v) is 4.51. The molecule has 23 heavy (non-hydrogen) atoms. The minimum atomic E-state index is -0.253. The summed E-state index contributed by atoms with van der Waals surface area (Å²) in [5, 5.41) is 7.73. The van der Waals surface area contributed by atoms with E-state index in [1.54, 1.807) is 17.4 Å². The summed E-state index contributed by atoms with van der Waals surface area (Å²) in [6, 6.07) is 10.5. The fourth-order valence-corrected chi connectivity index (χ4v) is 3.21. The third-order valence-electron chi connectivity index (χ3n) is 3.54. The van der Waals surface area contributed by atoms with Crippen LogP contribution in [0.5, 0.6) is 0 Å². The van der Waals surface area contributed by atoms with Crippen LogP contribution in [0.15, 0.2) is 41.8 Å². The Morgan fingerprint density at radius 1 is 1.26 bits per heavy atom. The standard InChI is InChI=1S/C17H22FN3OS/c1-21(2)15(16-7-4-10-23-16)12-20-17(22)19-9-8-13-5-3-6-14(18)11-13/h3-7,10-11,15H,8-9,12H2,1-2H3,(H2,19,20,22). The maximum atomic E-state index is 13.1. The molecule has 0 bridgehead atoms. The Labute approximate surface area is 140 Å². The number of halogens is 1. The molecule has 2 aromatic rings. The molecule has 2 amide bonds. The van der Waals surface area contributed by atoms with Gasteiger partial charge in [-0.3, -0.25) is 0 Å². The molecule has 2 rings (SSSR count). The quantitative estimate of drug-likeness (QED) is 0.817. The van der Waals surface area contributed by atoms with E-state index < -0.39 is 0 Å². The van der Waals surface area contributed by atoms with Crippen LogP contribution >= 0.6 is 11.3 Å². The van der Waals surface area contributed by atoms with Crippen LogP contribution in [0.1, 0.15) is 16.5 Å². The molecule has 1 aromatic carbocycles. The summed E-state index contributed by atoms with van der Waals surface area (Å²) >= 11 is 1.68. The Balaban J connectivity index is 1.74. The molecule has 0 saturated carbocycles. The number of amides is 2. The second kappa shape index (κ2) is 8.64. The van der Waals surface area contributed by atoms with E-state index >= 15 is 0 Å². The van der Waals surface area contributed by atoms with Gasteiger partial charge in [0, 0.05) is 18.0 Å². The first-order valence-electron chi connectivity index (χ1n) is 7.52. The van der Waals surface area contributed by atoms with E-state index in [9.17, 15) is 9.18 Å². The topological polar surface area (TPSA) is 44.4 Å². The fraction of sp³-hybridized carbons (Fsp3) is 0.353. The van der Waals surface area contributed by atoms with Crippen molar-refractivity contribution in [3.63, 3.8) is 0 Å². The van der Waals surface area contributed by atoms with E-state index in [4.69, 9.17) is 0 Å². The van der Waals surface area contributed by atoms with E-state index in [0.29, 0.717) is 19.5 Å². The van der Waals surface area contributed by atoms with Crippen molar-refractivity contribution in [2.75, 3.05) is 27.2 Å². The van der Waals surface area contributed by atoms with E-state index in [1.807, 2.05) is 31.6 Å². The van der Waals surface area contributed by atoms with Gasteiger partial charge in [0.05, 0.1) is 6.04 Å². The molecule has 0 aliphatic carbocycles. The van der Waals surface area contributed by atoms with Crippen molar-refractivity contribution in [1.29, 1.82) is 0 Å². The molecule has 1 unspecified atom stereocenters. The van der Waals surface area contributed by atoms with Gasteiger partial charge >= 0.3 is 6.03 Å². The van der Waals surface area contributed by atoms with Gasteiger partial charge in [-0.25, -0.2) is 9.18 Å². The number of rotatable bonds is 7. The van der Waals surface area contributed by atoms with Crippen molar-refractivity contribution in [2.24, 2.45) is 0 Å². The molecule has 4 nitrogen and oxygen atoms in total. The van der Waals surface area contributed by atoms with E-state index in [0.717, 1.165) is 5.56 Å². The molecule has 0 spiro atoms. The van der Waals surface area contributed by atoms with Gasteiger partial charge in [-0.05, 0) is 49.7 Å². The Morgan fingerprint density at radius 2 is 2.09 bits per heavy atom. The van der Waals surface area contributed by atoms with Crippen LogP contribution in [0.2, 0.25) is 0 Å². The fourth-order valence-electron chi connectivity index (χ4n) is 2.28. The zero-order valence-electron chi connectivity index (χ0n) is 13.4. The van der Waals surface area contributed by atoms with E-state index in [1.165, 1.54) is 17.0 Å². The van der Waals surface area contributed by atoms with Crippen molar-refractivity contribution < 1.29 is 9.18 Å². The third kappa shape index (κ3) is 5.65. The normalized spacial score (nSPS) is 12.2. The lowest BCUT2D eigenvalue weighted by Gasteiger charge is -2.23. The number of thiophene rings is 1. The van der Waals surface area contributed by atoms with Gasteiger partial charge in [0.25, 0.3) is 0 Å². The predicted octanol–water partition coefficient (Wildman–Crippen LogP) is 3.03. The number of benzene rings is 1. The van der Waals surface area contributed by atoms with Gasteiger partial charge in [-0.1, -0.05) is 18.2 Å². The molecule has 1 aromatic heterocycles. The molecular formula is C17H22FN3OS. The molecular weight excluding hydrogens is 313 g/mol. The van der Waals surface area contributed by atoms with Crippen LogP contribution in [-0.2, 0) is 6.42 Å². The monoisotopic (exact) mass is 335 g/mol. The first-order valence-corrected chi connectivity index (χ1v) is 8.40. The van der Waals surface area contributed by atoms with E-state index in [2.05, 4.69) is 21.6 Å². The molecule has 2 N–H and O–H groups in total. The first kappa shape index (κ1) is 17.4. The highest BCUT2D eigenvalue weighted by molar-refractivity contribution is 7.10. The lowest BCUT2D eigenvalue weighted by Crippen LogP contribution is -2.41. The number of nitrogens with zero attached hydrogens (tertiary/aromatic N) is 1. The molecule has 1 atom stereocenters.